The average Bonchev–Trinajstić information content (AvgIpc) is 3.21. The van der Waals surface area contributed by atoms with Gasteiger partial charge in [0.25, 0.3) is 0 Å². The van der Waals surface area contributed by atoms with Crippen molar-refractivity contribution in [2.75, 3.05) is 19.5 Å². The van der Waals surface area contributed by atoms with Crippen LogP contribution >= 0.6 is 11.6 Å². The molecule has 8 heteroatoms. The summed E-state index contributed by atoms with van der Waals surface area (Å²) in [6.45, 7) is 0.477. The normalized spacial score (nSPS) is 10.5. The van der Waals surface area contributed by atoms with E-state index in [0.29, 0.717) is 27.8 Å². The number of rotatable bonds is 7. The minimum absolute atomic E-state index is 0.157. The van der Waals surface area contributed by atoms with Crippen molar-refractivity contribution in [2.45, 2.75) is 13.2 Å². The first-order chi connectivity index (χ1) is 14.0. The van der Waals surface area contributed by atoms with Crippen molar-refractivity contribution in [3.05, 3.63) is 77.0 Å². The molecule has 0 radical (unpaired) electrons. The van der Waals surface area contributed by atoms with Gasteiger partial charge in [-0.1, -0.05) is 17.7 Å². The van der Waals surface area contributed by atoms with E-state index in [4.69, 9.17) is 25.5 Å². The molecule has 0 saturated heterocycles. The molecule has 0 unspecified atom stereocenters. The lowest BCUT2D eigenvalue weighted by Gasteiger charge is -2.19. The maximum absolute atomic E-state index is 13.8. The second kappa shape index (κ2) is 9.34. The zero-order valence-electron chi connectivity index (χ0n) is 15.9. The van der Waals surface area contributed by atoms with Crippen LogP contribution in [0.15, 0.2) is 59.2 Å². The number of furan rings is 1. The summed E-state index contributed by atoms with van der Waals surface area (Å²) in [5.41, 5.74) is 1.15. The fraction of sp³-hybridized carbons (Fsp3) is 0.190. The van der Waals surface area contributed by atoms with Crippen molar-refractivity contribution < 1.29 is 23.1 Å². The van der Waals surface area contributed by atoms with Crippen LogP contribution < -0.4 is 14.8 Å². The van der Waals surface area contributed by atoms with E-state index in [2.05, 4.69) is 5.32 Å². The topological polar surface area (TPSA) is 63.9 Å². The number of hydrogen-bond donors (Lipinski definition) is 1. The van der Waals surface area contributed by atoms with Gasteiger partial charge in [0.05, 0.1) is 18.4 Å². The van der Waals surface area contributed by atoms with E-state index in [1.165, 1.54) is 24.1 Å². The standard InChI is InChI=1S/C21H20ClFN2O4/c1-25(12-14-5-7-20(27-2)18(23)10-14)21(26)24-15-6-8-19(17(22)11-15)29-13-16-4-3-9-28-16/h3-11H,12-13H2,1-2H3,(H,24,26). The van der Waals surface area contributed by atoms with Gasteiger partial charge in [0.15, 0.2) is 11.6 Å². The number of methoxy groups -OCH3 is 1. The van der Waals surface area contributed by atoms with Crippen LogP contribution in [-0.2, 0) is 13.2 Å². The second-order valence-electron chi connectivity index (χ2n) is 6.27. The SMILES string of the molecule is COc1ccc(CN(C)C(=O)Nc2ccc(OCc3ccco3)c(Cl)c2)cc1F. The molecule has 0 aliphatic rings. The summed E-state index contributed by atoms with van der Waals surface area (Å²) in [6, 6.07) is 12.7. The first-order valence-electron chi connectivity index (χ1n) is 8.75. The summed E-state index contributed by atoms with van der Waals surface area (Å²) in [5, 5.41) is 3.10. The quantitative estimate of drug-likeness (QED) is 0.563. The molecule has 1 heterocycles. The molecule has 1 N–H and O–H groups in total. The molecule has 3 rings (SSSR count). The molecule has 0 spiro atoms. The molecule has 0 fully saturated rings. The Morgan fingerprint density at radius 2 is 2.00 bits per heavy atom. The van der Waals surface area contributed by atoms with Crippen LogP contribution in [0.3, 0.4) is 0 Å². The highest BCUT2D eigenvalue weighted by Gasteiger charge is 2.13. The Morgan fingerprint density at radius 3 is 2.66 bits per heavy atom. The Labute approximate surface area is 172 Å². The number of nitrogens with one attached hydrogen (secondary N) is 1. The second-order valence-corrected chi connectivity index (χ2v) is 6.68. The van der Waals surface area contributed by atoms with Gasteiger partial charge in [-0.05, 0) is 48.0 Å². The van der Waals surface area contributed by atoms with E-state index in [0.717, 1.165) is 0 Å². The molecular formula is C21H20ClFN2O4. The molecule has 1 aromatic heterocycles. The number of halogens is 2. The number of urea groups is 1. The van der Waals surface area contributed by atoms with E-state index < -0.39 is 5.82 Å². The molecule has 0 aliphatic carbocycles. The molecule has 6 nitrogen and oxygen atoms in total. The van der Waals surface area contributed by atoms with Crippen molar-refractivity contribution in [1.29, 1.82) is 0 Å². The number of ether oxygens (including phenoxy) is 2. The molecule has 29 heavy (non-hydrogen) atoms. The highest BCUT2D eigenvalue weighted by atomic mass is 35.5. The van der Waals surface area contributed by atoms with Gasteiger partial charge in [-0.15, -0.1) is 0 Å². The number of benzene rings is 2. The van der Waals surface area contributed by atoms with Gasteiger partial charge in [-0.3, -0.25) is 0 Å². The van der Waals surface area contributed by atoms with Crippen LogP contribution in [0.4, 0.5) is 14.9 Å². The predicted octanol–water partition coefficient (Wildman–Crippen LogP) is 5.32. The Morgan fingerprint density at radius 1 is 1.21 bits per heavy atom. The lowest BCUT2D eigenvalue weighted by molar-refractivity contribution is 0.220. The lowest BCUT2D eigenvalue weighted by atomic mass is 10.2. The monoisotopic (exact) mass is 418 g/mol. The van der Waals surface area contributed by atoms with Crippen LogP contribution in [0.25, 0.3) is 0 Å². The molecule has 0 aliphatic heterocycles. The van der Waals surface area contributed by atoms with E-state index in [-0.39, 0.29) is 24.9 Å². The van der Waals surface area contributed by atoms with Gasteiger partial charge in [0.1, 0.15) is 18.1 Å². The molecule has 152 valence electrons. The van der Waals surface area contributed by atoms with Crippen molar-refractivity contribution >= 4 is 23.3 Å². The zero-order chi connectivity index (χ0) is 20.8. The van der Waals surface area contributed by atoms with E-state index in [9.17, 15) is 9.18 Å². The van der Waals surface area contributed by atoms with Crippen LogP contribution in [0.2, 0.25) is 5.02 Å². The molecule has 3 aromatic rings. The third kappa shape index (κ3) is 5.42. The number of hydrogen-bond acceptors (Lipinski definition) is 4. The van der Waals surface area contributed by atoms with Gasteiger partial charge in [0, 0.05) is 19.3 Å². The average molecular weight is 419 g/mol. The molecule has 2 aromatic carbocycles. The third-order valence-electron chi connectivity index (χ3n) is 4.12. The summed E-state index contributed by atoms with van der Waals surface area (Å²) in [4.78, 5) is 13.8. The lowest BCUT2D eigenvalue weighted by Crippen LogP contribution is -2.30. The fourth-order valence-electron chi connectivity index (χ4n) is 2.61. The minimum Gasteiger partial charge on any atom is -0.494 e. The number of carbonyl (C=O) groups is 1. The van der Waals surface area contributed by atoms with Crippen LogP contribution in [0, 0.1) is 5.82 Å². The molecule has 0 bridgehead atoms. The van der Waals surface area contributed by atoms with Gasteiger partial charge in [0.2, 0.25) is 0 Å². The zero-order valence-corrected chi connectivity index (χ0v) is 16.7. The van der Waals surface area contributed by atoms with Crippen molar-refractivity contribution in [1.82, 2.24) is 4.90 Å². The summed E-state index contributed by atoms with van der Waals surface area (Å²) in [5.74, 6) is 0.832. The minimum atomic E-state index is -0.476. The third-order valence-corrected chi connectivity index (χ3v) is 4.41. The number of anilines is 1. The van der Waals surface area contributed by atoms with Gasteiger partial charge in [-0.2, -0.15) is 0 Å². The first-order valence-corrected chi connectivity index (χ1v) is 9.13. The van der Waals surface area contributed by atoms with Gasteiger partial charge in [-0.25, -0.2) is 9.18 Å². The van der Waals surface area contributed by atoms with Gasteiger partial charge < -0.3 is 24.1 Å². The smallest absolute Gasteiger partial charge is 0.321 e. The Kier molecular flexibility index (Phi) is 6.61. The fourth-order valence-corrected chi connectivity index (χ4v) is 2.85. The van der Waals surface area contributed by atoms with E-state index >= 15 is 0 Å². The van der Waals surface area contributed by atoms with Crippen molar-refractivity contribution in [2.24, 2.45) is 0 Å². The van der Waals surface area contributed by atoms with Gasteiger partial charge >= 0.3 is 6.03 Å². The van der Waals surface area contributed by atoms with Crippen LogP contribution in [0.1, 0.15) is 11.3 Å². The summed E-state index contributed by atoms with van der Waals surface area (Å²) >= 11 is 6.23. The van der Waals surface area contributed by atoms with E-state index in [1.54, 1.807) is 49.7 Å². The number of nitrogens with zero attached hydrogens (tertiary/aromatic N) is 1. The summed E-state index contributed by atoms with van der Waals surface area (Å²) in [7, 11) is 3.01. The highest BCUT2D eigenvalue weighted by Crippen LogP contribution is 2.28. The molecular weight excluding hydrogens is 399 g/mol. The Balaban J connectivity index is 1.57. The maximum Gasteiger partial charge on any atom is 0.321 e. The first kappa shape index (κ1) is 20.5. The van der Waals surface area contributed by atoms with Crippen LogP contribution in [-0.4, -0.2) is 25.1 Å². The maximum atomic E-state index is 13.8. The van der Waals surface area contributed by atoms with Crippen molar-refractivity contribution in [3.63, 3.8) is 0 Å². The largest absolute Gasteiger partial charge is 0.494 e. The Bertz CT molecular complexity index is 979. The van der Waals surface area contributed by atoms with Crippen molar-refractivity contribution in [3.8, 4) is 11.5 Å². The number of amides is 2. The summed E-state index contributed by atoms with van der Waals surface area (Å²) < 4.78 is 29.5. The molecule has 2 amide bonds. The van der Waals surface area contributed by atoms with Crippen LogP contribution in [0.5, 0.6) is 11.5 Å². The Hall–Kier alpha value is -3.19. The molecule has 0 atom stereocenters. The number of carbonyl (C=O) groups excluding carboxylic acids is 1. The summed E-state index contributed by atoms with van der Waals surface area (Å²) in [6.07, 6.45) is 1.57. The highest BCUT2D eigenvalue weighted by molar-refractivity contribution is 6.32. The predicted molar refractivity (Wildman–Crippen MR) is 108 cm³/mol. The molecule has 0 saturated carbocycles. The van der Waals surface area contributed by atoms with E-state index in [1.807, 2.05) is 0 Å².